The Hall–Kier alpha value is -2.58. The molecule has 0 aliphatic carbocycles. The standard InChI is InChI=1S/C30H39N3O4S/c1-28(2,3)33-19-12-16-30-23(26(36)32(24(30)27(33)37)17-9-6-10-20-34)22-25(35)31(21-13-7-5-8-14-21)18-11-15-29(22,4)38-30/h5,7-8,11-16,22-24,34H,6,9-10,17-20H2,1-4H3/t22-,23+,24?,29+,30+/m1/s1. The molecule has 2 fully saturated rings. The Balaban J connectivity index is 1.60. The SMILES string of the molecule is CC(C)(C)N1CC=C[C@]23S[C@@]4(C)C=CCN(c5ccccc5)C(=O)[C@H]4[C@H]2C(=O)N(CCCCCO)C3C1=O. The van der Waals surface area contributed by atoms with E-state index in [1.54, 1.807) is 21.6 Å². The summed E-state index contributed by atoms with van der Waals surface area (Å²) >= 11 is 1.62. The summed E-state index contributed by atoms with van der Waals surface area (Å²) in [5, 5.41) is 9.26. The van der Waals surface area contributed by atoms with E-state index in [4.69, 9.17) is 0 Å². The van der Waals surface area contributed by atoms with Crippen molar-refractivity contribution in [2.45, 2.75) is 68.0 Å². The van der Waals surface area contributed by atoms with Gasteiger partial charge in [0.15, 0.2) is 0 Å². The summed E-state index contributed by atoms with van der Waals surface area (Å²) in [6.45, 7) is 9.59. The first-order chi connectivity index (χ1) is 18.0. The maximum atomic E-state index is 14.4. The number of carbonyl (C=O) groups is 3. The molecular formula is C30H39N3O4S. The van der Waals surface area contributed by atoms with E-state index >= 15 is 0 Å². The fourth-order valence-electron chi connectivity index (χ4n) is 6.78. The molecule has 5 atom stereocenters. The molecule has 0 bridgehead atoms. The highest BCUT2D eigenvalue weighted by atomic mass is 32.2. The number of likely N-dealkylation sites (tertiary alicyclic amines) is 1. The van der Waals surface area contributed by atoms with Crippen molar-refractivity contribution in [2.24, 2.45) is 11.8 Å². The number of unbranched alkanes of at least 4 members (excludes halogenated alkanes) is 2. The quantitative estimate of drug-likeness (QED) is 0.443. The van der Waals surface area contributed by atoms with Crippen LogP contribution in [0.1, 0.15) is 47.0 Å². The van der Waals surface area contributed by atoms with Gasteiger partial charge in [-0.3, -0.25) is 14.4 Å². The fraction of sp³-hybridized carbons (Fsp3) is 0.567. The van der Waals surface area contributed by atoms with Gasteiger partial charge in [-0.05, 0) is 59.1 Å². The number of carbonyl (C=O) groups excluding carboxylic acids is 3. The number of nitrogens with zero attached hydrogens (tertiary/aromatic N) is 3. The van der Waals surface area contributed by atoms with Crippen LogP contribution in [0.3, 0.4) is 0 Å². The minimum atomic E-state index is -0.829. The van der Waals surface area contributed by atoms with Crippen molar-refractivity contribution in [1.82, 2.24) is 9.80 Å². The van der Waals surface area contributed by atoms with E-state index in [-0.39, 0.29) is 24.3 Å². The van der Waals surface area contributed by atoms with Crippen LogP contribution in [-0.4, -0.2) is 79.9 Å². The van der Waals surface area contributed by atoms with E-state index < -0.39 is 32.9 Å². The van der Waals surface area contributed by atoms with Crippen molar-refractivity contribution in [3.8, 4) is 0 Å². The van der Waals surface area contributed by atoms with Crippen LogP contribution in [0.15, 0.2) is 54.6 Å². The van der Waals surface area contributed by atoms with Crippen LogP contribution in [0.2, 0.25) is 0 Å². The number of aliphatic hydroxyl groups excluding tert-OH is 1. The van der Waals surface area contributed by atoms with Gasteiger partial charge in [-0.1, -0.05) is 42.5 Å². The molecule has 0 aromatic heterocycles. The van der Waals surface area contributed by atoms with Crippen LogP contribution in [0.4, 0.5) is 5.69 Å². The smallest absolute Gasteiger partial charge is 0.247 e. The minimum Gasteiger partial charge on any atom is -0.396 e. The Morgan fingerprint density at radius 1 is 0.921 bits per heavy atom. The molecule has 0 radical (unpaired) electrons. The minimum absolute atomic E-state index is 0.0515. The lowest BCUT2D eigenvalue weighted by Crippen LogP contribution is -2.57. The lowest BCUT2D eigenvalue weighted by Gasteiger charge is -2.41. The molecule has 38 heavy (non-hydrogen) atoms. The van der Waals surface area contributed by atoms with Crippen LogP contribution in [0, 0.1) is 11.8 Å². The van der Waals surface area contributed by atoms with Gasteiger partial charge in [-0.25, -0.2) is 0 Å². The number of fused-ring (bicyclic) bond motifs is 2. The van der Waals surface area contributed by atoms with E-state index in [1.807, 2.05) is 68.2 Å². The first-order valence-corrected chi connectivity index (χ1v) is 14.5. The zero-order valence-corrected chi connectivity index (χ0v) is 23.6. The van der Waals surface area contributed by atoms with Crippen molar-refractivity contribution >= 4 is 35.2 Å². The Kier molecular flexibility index (Phi) is 7.01. The molecule has 1 aromatic rings. The molecule has 1 unspecified atom stereocenters. The van der Waals surface area contributed by atoms with E-state index in [1.165, 1.54) is 0 Å². The molecule has 7 nitrogen and oxygen atoms in total. The van der Waals surface area contributed by atoms with Gasteiger partial charge in [0.1, 0.15) is 6.04 Å². The van der Waals surface area contributed by atoms with Gasteiger partial charge in [0.25, 0.3) is 0 Å². The second-order valence-electron chi connectivity index (χ2n) is 12.0. The average Bonchev–Trinajstić information content (AvgIpc) is 3.12. The maximum Gasteiger partial charge on any atom is 0.247 e. The number of aliphatic hydroxyl groups is 1. The Labute approximate surface area is 229 Å². The van der Waals surface area contributed by atoms with Gasteiger partial charge in [0.2, 0.25) is 17.7 Å². The molecule has 1 N–H and O–H groups in total. The van der Waals surface area contributed by atoms with Crippen molar-refractivity contribution in [3.05, 3.63) is 54.6 Å². The highest BCUT2D eigenvalue weighted by Gasteiger charge is 2.74. The number of benzene rings is 1. The number of hydrogen-bond donors (Lipinski definition) is 1. The zero-order valence-electron chi connectivity index (χ0n) is 22.8. The molecule has 4 aliphatic heterocycles. The number of hydrogen-bond acceptors (Lipinski definition) is 5. The molecule has 5 rings (SSSR count). The van der Waals surface area contributed by atoms with Gasteiger partial charge in [-0.2, -0.15) is 0 Å². The molecule has 1 spiro atoms. The topological polar surface area (TPSA) is 81.2 Å². The molecule has 3 amide bonds. The third-order valence-corrected chi connectivity index (χ3v) is 10.3. The van der Waals surface area contributed by atoms with Crippen molar-refractivity contribution in [3.63, 3.8) is 0 Å². The Morgan fingerprint density at radius 2 is 1.63 bits per heavy atom. The number of amides is 3. The van der Waals surface area contributed by atoms with Gasteiger partial charge in [0, 0.05) is 42.2 Å². The first-order valence-electron chi connectivity index (χ1n) is 13.7. The highest BCUT2D eigenvalue weighted by molar-refractivity contribution is 8.02. The summed E-state index contributed by atoms with van der Waals surface area (Å²) in [4.78, 5) is 48.5. The van der Waals surface area contributed by atoms with Crippen molar-refractivity contribution in [2.75, 3.05) is 31.1 Å². The molecule has 4 aliphatic rings. The normalized spacial score (nSPS) is 32.8. The summed E-state index contributed by atoms with van der Waals surface area (Å²) in [5.41, 5.74) is 0.403. The lowest BCUT2D eigenvalue weighted by molar-refractivity contribution is -0.145. The van der Waals surface area contributed by atoms with Crippen LogP contribution in [-0.2, 0) is 14.4 Å². The molecule has 2 saturated heterocycles. The van der Waals surface area contributed by atoms with Gasteiger partial charge in [0.05, 0.1) is 16.6 Å². The first kappa shape index (κ1) is 27.0. The van der Waals surface area contributed by atoms with Crippen LogP contribution >= 0.6 is 11.8 Å². The Morgan fingerprint density at radius 3 is 2.32 bits per heavy atom. The Bertz CT molecular complexity index is 1160. The molecular weight excluding hydrogens is 498 g/mol. The summed E-state index contributed by atoms with van der Waals surface area (Å²) in [6.07, 6.45) is 10.4. The second kappa shape index (κ2) is 9.87. The summed E-state index contributed by atoms with van der Waals surface area (Å²) in [5.74, 6) is -1.45. The number of rotatable bonds is 6. The summed E-state index contributed by atoms with van der Waals surface area (Å²) in [6, 6.07) is 8.94. The van der Waals surface area contributed by atoms with E-state index in [2.05, 4.69) is 19.1 Å². The predicted molar refractivity (Wildman–Crippen MR) is 151 cm³/mol. The van der Waals surface area contributed by atoms with Crippen LogP contribution in [0.5, 0.6) is 0 Å². The fourth-order valence-corrected chi connectivity index (χ4v) is 8.93. The predicted octanol–water partition coefficient (Wildman–Crippen LogP) is 3.64. The molecule has 4 heterocycles. The van der Waals surface area contributed by atoms with E-state index in [9.17, 15) is 19.5 Å². The third-order valence-electron chi connectivity index (χ3n) is 8.49. The monoisotopic (exact) mass is 537 g/mol. The van der Waals surface area contributed by atoms with E-state index in [0.717, 1.165) is 12.1 Å². The van der Waals surface area contributed by atoms with Gasteiger partial charge < -0.3 is 19.8 Å². The zero-order chi connectivity index (χ0) is 27.3. The van der Waals surface area contributed by atoms with Crippen molar-refractivity contribution < 1.29 is 19.5 Å². The average molecular weight is 538 g/mol. The highest BCUT2D eigenvalue weighted by Crippen LogP contribution is 2.65. The van der Waals surface area contributed by atoms with E-state index in [0.29, 0.717) is 32.5 Å². The third kappa shape index (κ3) is 4.20. The molecule has 8 heteroatoms. The molecule has 204 valence electrons. The largest absolute Gasteiger partial charge is 0.396 e. The number of thioether (sulfide) groups is 1. The lowest BCUT2D eigenvalue weighted by atomic mass is 9.74. The van der Waals surface area contributed by atoms with Crippen LogP contribution < -0.4 is 4.90 Å². The number of anilines is 1. The second-order valence-corrected chi connectivity index (χ2v) is 13.8. The van der Waals surface area contributed by atoms with Gasteiger partial charge in [-0.15, -0.1) is 11.8 Å². The number of para-hydroxylation sites is 1. The molecule has 0 saturated carbocycles. The summed E-state index contributed by atoms with van der Waals surface area (Å²) in [7, 11) is 0. The maximum absolute atomic E-state index is 14.4. The molecule has 1 aromatic carbocycles. The van der Waals surface area contributed by atoms with Crippen molar-refractivity contribution in [1.29, 1.82) is 0 Å². The van der Waals surface area contributed by atoms with Crippen LogP contribution in [0.25, 0.3) is 0 Å². The summed E-state index contributed by atoms with van der Waals surface area (Å²) < 4.78 is -1.45. The van der Waals surface area contributed by atoms with Gasteiger partial charge >= 0.3 is 0 Å².